The molecule has 1 aliphatic rings. The first-order chi connectivity index (χ1) is 11.0. The fourth-order valence-electron chi connectivity index (χ4n) is 1.21. The minimum Gasteiger partial charge on any atom is -0.677 e. The summed E-state index contributed by atoms with van der Waals surface area (Å²) in [7, 11) is 0. The van der Waals surface area contributed by atoms with E-state index in [-0.39, 0.29) is 39.9 Å². The van der Waals surface area contributed by atoms with Crippen LogP contribution in [0.3, 0.4) is 0 Å². The molecule has 1 saturated carbocycles. The minimum absolute atomic E-state index is 0. The van der Waals surface area contributed by atoms with E-state index >= 15 is 0 Å². The Morgan fingerprint density at radius 3 is 1.28 bits per heavy atom. The predicted octanol–water partition coefficient (Wildman–Crippen LogP) is 2.55. The molecule has 0 radical (unpaired) electrons. The summed E-state index contributed by atoms with van der Waals surface area (Å²) >= 11 is 0. The molecule has 0 spiro atoms. The molecule has 0 aromatic rings. The van der Waals surface area contributed by atoms with Crippen LogP contribution in [-0.2, 0) is 40.2 Å². The summed E-state index contributed by atoms with van der Waals surface area (Å²) < 4.78 is 0. The molecule has 0 aromatic heterocycles. The number of hydrogen-bond acceptors (Lipinski definition) is 4. The second-order valence-electron chi connectivity index (χ2n) is 4.76. The van der Waals surface area contributed by atoms with Crippen LogP contribution in [0.1, 0.15) is 52.4 Å². The first-order valence-electron chi connectivity index (χ1n) is 7.43. The van der Waals surface area contributed by atoms with Crippen molar-refractivity contribution in [2.75, 3.05) is 0 Å². The topological polar surface area (TPSA) is 173 Å². The zero-order valence-corrected chi connectivity index (χ0v) is 16.6. The van der Waals surface area contributed by atoms with Crippen LogP contribution < -0.4 is 0 Å². The molecule has 9 nitrogen and oxygen atoms in total. The Morgan fingerprint density at radius 2 is 1.16 bits per heavy atom. The molecule has 1 rings (SSSR count). The Morgan fingerprint density at radius 1 is 0.880 bits per heavy atom. The third kappa shape index (κ3) is 30.9. The molecular formula is C15H27NO8Pt. The zero-order chi connectivity index (χ0) is 19.7. The van der Waals surface area contributed by atoms with E-state index in [1.807, 2.05) is 0 Å². The zero-order valence-electron chi connectivity index (χ0n) is 14.3. The van der Waals surface area contributed by atoms with E-state index in [2.05, 4.69) is 6.92 Å². The van der Waals surface area contributed by atoms with E-state index in [0.717, 1.165) is 6.42 Å². The molecule has 1 aliphatic carbocycles. The van der Waals surface area contributed by atoms with Gasteiger partial charge in [0, 0.05) is 12.8 Å². The number of aliphatic carboxylic acids is 4. The van der Waals surface area contributed by atoms with Gasteiger partial charge in [0.2, 0.25) is 0 Å². The van der Waals surface area contributed by atoms with Gasteiger partial charge in [-0.05, 0) is 0 Å². The van der Waals surface area contributed by atoms with Gasteiger partial charge in [-0.3, -0.25) is 9.59 Å². The monoisotopic (exact) mass is 544 g/mol. The molecule has 2 atom stereocenters. The third-order valence-electron chi connectivity index (χ3n) is 2.70. The minimum atomic E-state index is -1.82. The van der Waals surface area contributed by atoms with Crippen molar-refractivity contribution in [3.8, 4) is 0 Å². The molecule has 0 aromatic carbocycles. The average molecular weight is 544 g/mol. The first-order valence-corrected chi connectivity index (χ1v) is 7.43. The summed E-state index contributed by atoms with van der Waals surface area (Å²) in [5.41, 5.74) is 7.42. The van der Waals surface area contributed by atoms with Crippen LogP contribution in [0.25, 0.3) is 5.73 Å². The van der Waals surface area contributed by atoms with Gasteiger partial charge in [0.1, 0.15) is 0 Å². The molecule has 1 unspecified atom stereocenters. The van der Waals surface area contributed by atoms with Crippen LogP contribution in [0, 0.1) is 12.8 Å². The van der Waals surface area contributed by atoms with E-state index < -0.39 is 23.9 Å². The van der Waals surface area contributed by atoms with Crippen molar-refractivity contribution in [3.63, 3.8) is 0 Å². The smallest absolute Gasteiger partial charge is 0.677 e. The molecule has 10 heteroatoms. The largest absolute Gasteiger partial charge is 2.00 e. The van der Waals surface area contributed by atoms with Crippen molar-refractivity contribution in [1.82, 2.24) is 0 Å². The Labute approximate surface area is 161 Å². The molecule has 0 bridgehead atoms. The van der Waals surface area contributed by atoms with Crippen LogP contribution in [0.2, 0.25) is 0 Å². The molecule has 25 heavy (non-hydrogen) atoms. The van der Waals surface area contributed by atoms with Crippen molar-refractivity contribution in [2.24, 2.45) is 5.92 Å². The summed E-state index contributed by atoms with van der Waals surface area (Å²) in [4.78, 5) is 36.9. The summed E-state index contributed by atoms with van der Waals surface area (Å²) in [5, 5.41) is 30.2. The van der Waals surface area contributed by atoms with E-state index in [4.69, 9.17) is 35.7 Å². The van der Waals surface area contributed by atoms with Crippen LogP contribution in [-0.4, -0.2) is 50.3 Å². The number of carbonyl (C=O) groups is 4. The van der Waals surface area contributed by atoms with E-state index in [1.54, 1.807) is 13.8 Å². The summed E-state index contributed by atoms with van der Waals surface area (Å²) in [6, 6.07) is 0.142. The van der Waals surface area contributed by atoms with Crippen molar-refractivity contribution in [2.45, 2.75) is 58.4 Å². The third-order valence-corrected chi connectivity index (χ3v) is 2.70. The molecule has 0 aliphatic heterocycles. The van der Waals surface area contributed by atoms with E-state index in [0.29, 0.717) is 5.92 Å². The molecule has 0 amide bonds. The van der Waals surface area contributed by atoms with E-state index in [1.165, 1.54) is 19.3 Å². The van der Waals surface area contributed by atoms with Crippen molar-refractivity contribution < 1.29 is 60.7 Å². The SMILES string of the molecule is CCC(=O)O.CCC(=O)O.O=C(O)C(=O)O.[CH2-][C@@H]1CCCCC1[NH-].[Pt+2]. The molecular weight excluding hydrogens is 517 g/mol. The van der Waals surface area contributed by atoms with Gasteiger partial charge in [-0.1, -0.05) is 39.5 Å². The number of rotatable bonds is 2. The number of carboxylic acids is 4. The van der Waals surface area contributed by atoms with Crippen LogP contribution in [0.15, 0.2) is 0 Å². The van der Waals surface area contributed by atoms with Crippen LogP contribution in [0.5, 0.6) is 0 Å². The van der Waals surface area contributed by atoms with Gasteiger partial charge in [0.05, 0.1) is 0 Å². The van der Waals surface area contributed by atoms with Crippen LogP contribution >= 0.6 is 0 Å². The normalized spacial score (nSPS) is 17.4. The molecule has 150 valence electrons. The van der Waals surface area contributed by atoms with Gasteiger partial charge in [-0.15, -0.1) is 0 Å². The van der Waals surface area contributed by atoms with Gasteiger partial charge in [-0.25, -0.2) is 9.59 Å². The Kier molecular flexibility index (Phi) is 25.8. The molecule has 1 fully saturated rings. The maximum atomic E-state index is 9.37. The molecule has 0 saturated heterocycles. The van der Waals surface area contributed by atoms with Crippen molar-refractivity contribution >= 4 is 23.9 Å². The van der Waals surface area contributed by atoms with Gasteiger partial charge >= 0.3 is 44.9 Å². The standard InChI is InChI=1S/C7H13N.2C3H6O2.C2H2O4.Pt/c1-6-4-2-3-5-7(6)8;2*1-2-3(4)5;3-1(4)2(5)6;/h6-8H,1-5H2;2*2H2,1H3,(H,4,5);(H,3,4)(H,5,6);/q-2;;;;+2/t6-,7?;;;;/m1..../s1. The molecule has 0 heterocycles. The van der Waals surface area contributed by atoms with Crippen molar-refractivity contribution in [3.05, 3.63) is 12.7 Å². The van der Waals surface area contributed by atoms with Crippen LogP contribution in [0.4, 0.5) is 0 Å². The second-order valence-corrected chi connectivity index (χ2v) is 4.76. The fraction of sp³-hybridized carbons (Fsp3) is 0.667. The second kappa shape index (κ2) is 20.6. The van der Waals surface area contributed by atoms with Gasteiger partial charge in [0.15, 0.2) is 0 Å². The summed E-state index contributed by atoms with van der Waals surface area (Å²) in [5.74, 6) is -4.72. The van der Waals surface area contributed by atoms with E-state index in [9.17, 15) is 9.59 Å². The Balaban J connectivity index is -0.000000119. The Hall–Kier alpha value is -1.47. The maximum absolute atomic E-state index is 9.37. The van der Waals surface area contributed by atoms with Gasteiger partial charge in [-0.2, -0.15) is 12.0 Å². The number of nitrogens with one attached hydrogen (secondary N) is 1. The summed E-state index contributed by atoms with van der Waals surface area (Å²) in [6.07, 6.45) is 5.24. The summed E-state index contributed by atoms with van der Waals surface area (Å²) in [6.45, 7) is 7.09. The fourth-order valence-corrected chi connectivity index (χ4v) is 1.21. The maximum Gasteiger partial charge on any atom is 2.00 e. The first kappa shape index (κ1) is 31.3. The predicted molar refractivity (Wildman–Crippen MR) is 86.5 cm³/mol. The van der Waals surface area contributed by atoms with Crippen molar-refractivity contribution in [1.29, 1.82) is 0 Å². The average Bonchev–Trinajstić information content (AvgIpc) is 2.51. The molecule has 5 N–H and O–H groups in total. The Bertz CT molecular complexity index is 354. The van der Waals surface area contributed by atoms with Gasteiger partial charge in [0.25, 0.3) is 0 Å². The van der Waals surface area contributed by atoms with Gasteiger partial charge < -0.3 is 33.1 Å². The number of carboxylic acid groups (broad SMARTS) is 4. The quantitative estimate of drug-likeness (QED) is 0.303. The number of hydrogen-bond donors (Lipinski definition) is 4.